The van der Waals surface area contributed by atoms with Crippen LogP contribution in [0.25, 0.3) is 0 Å². The Morgan fingerprint density at radius 3 is 1.57 bits per heavy atom. The Morgan fingerprint density at radius 1 is 0.810 bits per heavy atom. The van der Waals surface area contributed by atoms with Crippen LogP contribution < -0.4 is 5.73 Å². The second-order valence-corrected chi connectivity index (χ2v) is 6.34. The highest BCUT2D eigenvalue weighted by Crippen LogP contribution is 2.13. The molecule has 0 rings (SSSR count). The monoisotopic (exact) mass is 299 g/mol. The first-order chi connectivity index (χ1) is 10.2. The molecule has 0 bridgehead atoms. The third kappa shape index (κ3) is 17.4. The second-order valence-electron chi connectivity index (χ2n) is 6.34. The molecule has 0 aliphatic heterocycles. The molecular formula is C18H37NO2. The van der Waals surface area contributed by atoms with Gasteiger partial charge in [0.05, 0.1) is 0 Å². The minimum atomic E-state index is -0.660. The van der Waals surface area contributed by atoms with E-state index in [1.807, 2.05) is 0 Å². The van der Waals surface area contributed by atoms with Crippen LogP contribution >= 0.6 is 0 Å². The molecular weight excluding hydrogens is 262 g/mol. The summed E-state index contributed by atoms with van der Waals surface area (Å²) in [5.74, 6) is -0.660. The molecule has 1 atom stereocenters. The molecule has 0 aromatic rings. The highest BCUT2D eigenvalue weighted by molar-refractivity contribution is 5.66. The van der Waals surface area contributed by atoms with Gasteiger partial charge in [0.2, 0.25) is 0 Å². The molecule has 21 heavy (non-hydrogen) atoms. The van der Waals surface area contributed by atoms with Crippen molar-refractivity contribution in [3.8, 4) is 0 Å². The summed E-state index contributed by atoms with van der Waals surface area (Å²) >= 11 is 0. The first-order valence-corrected chi connectivity index (χ1v) is 9.14. The van der Waals surface area contributed by atoms with Crippen LogP contribution in [-0.4, -0.2) is 17.1 Å². The van der Waals surface area contributed by atoms with E-state index in [-0.39, 0.29) is 0 Å². The highest BCUT2D eigenvalue weighted by atomic mass is 16.4. The molecule has 0 aliphatic carbocycles. The van der Waals surface area contributed by atoms with Crippen molar-refractivity contribution >= 4 is 5.97 Å². The molecule has 0 aromatic carbocycles. The largest absolute Gasteiger partial charge is 0.481 e. The lowest BCUT2D eigenvalue weighted by molar-refractivity contribution is -0.137. The number of carbonyl (C=O) groups is 1. The van der Waals surface area contributed by atoms with Crippen molar-refractivity contribution in [1.29, 1.82) is 0 Å². The average molecular weight is 299 g/mol. The van der Waals surface area contributed by atoms with Crippen LogP contribution in [0.2, 0.25) is 0 Å². The van der Waals surface area contributed by atoms with Crippen LogP contribution in [-0.2, 0) is 4.79 Å². The zero-order chi connectivity index (χ0) is 15.8. The second kappa shape index (κ2) is 15.8. The SMILES string of the molecule is CCC(N)CCCCCCCCCCCCCCC(=O)O. The minimum Gasteiger partial charge on any atom is -0.481 e. The Labute approximate surface area is 131 Å². The molecule has 0 aromatic heterocycles. The molecule has 0 saturated heterocycles. The number of hydrogen-bond acceptors (Lipinski definition) is 2. The van der Waals surface area contributed by atoms with Crippen molar-refractivity contribution in [3.05, 3.63) is 0 Å². The Bertz CT molecular complexity index is 231. The molecule has 1 unspecified atom stereocenters. The summed E-state index contributed by atoms with van der Waals surface area (Å²) in [6.07, 6.45) is 17.8. The maximum absolute atomic E-state index is 10.3. The van der Waals surface area contributed by atoms with Gasteiger partial charge < -0.3 is 10.8 Å². The van der Waals surface area contributed by atoms with Crippen molar-refractivity contribution in [1.82, 2.24) is 0 Å². The van der Waals surface area contributed by atoms with E-state index in [0.29, 0.717) is 12.5 Å². The van der Waals surface area contributed by atoms with Gasteiger partial charge in [0.15, 0.2) is 0 Å². The topological polar surface area (TPSA) is 63.3 Å². The maximum atomic E-state index is 10.3. The molecule has 0 amide bonds. The van der Waals surface area contributed by atoms with E-state index in [4.69, 9.17) is 10.8 Å². The van der Waals surface area contributed by atoms with E-state index >= 15 is 0 Å². The normalized spacial score (nSPS) is 12.5. The fourth-order valence-electron chi connectivity index (χ4n) is 2.65. The van der Waals surface area contributed by atoms with Crippen molar-refractivity contribution in [2.45, 2.75) is 109 Å². The molecule has 0 radical (unpaired) electrons. The van der Waals surface area contributed by atoms with Gasteiger partial charge in [0, 0.05) is 12.5 Å². The number of rotatable bonds is 16. The van der Waals surface area contributed by atoms with E-state index in [1.54, 1.807) is 0 Å². The van der Waals surface area contributed by atoms with Gasteiger partial charge in [-0.1, -0.05) is 77.6 Å². The van der Waals surface area contributed by atoms with E-state index < -0.39 is 5.97 Å². The maximum Gasteiger partial charge on any atom is 0.303 e. The fourth-order valence-corrected chi connectivity index (χ4v) is 2.65. The summed E-state index contributed by atoms with van der Waals surface area (Å²) in [6.45, 7) is 2.16. The van der Waals surface area contributed by atoms with Crippen molar-refractivity contribution in [2.24, 2.45) is 5.73 Å². The van der Waals surface area contributed by atoms with Crippen LogP contribution in [0.3, 0.4) is 0 Å². The van der Waals surface area contributed by atoms with Crippen molar-refractivity contribution in [2.75, 3.05) is 0 Å². The zero-order valence-electron chi connectivity index (χ0n) is 14.1. The van der Waals surface area contributed by atoms with Gasteiger partial charge >= 0.3 is 5.97 Å². The molecule has 3 heteroatoms. The first kappa shape index (κ1) is 20.4. The molecule has 3 N–H and O–H groups in total. The third-order valence-electron chi connectivity index (χ3n) is 4.24. The Balaban J connectivity index is 3.01. The Hall–Kier alpha value is -0.570. The predicted molar refractivity (Wildman–Crippen MR) is 90.5 cm³/mol. The molecule has 0 aliphatic rings. The highest BCUT2D eigenvalue weighted by Gasteiger charge is 1.99. The number of unbranched alkanes of at least 4 members (excludes halogenated alkanes) is 11. The lowest BCUT2D eigenvalue weighted by Gasteiger charge is -2.07. The van der Waals surface area contributed by atoms with Crippen LogP contribution in [0, 0.1) is 0 Å². The van der Waals surface area contributed by atoms with Crippen LogP contribution in [0.5, 0.6) is 0 Å². The van der Waals surface area contributed by atoms with Gasteiger partial charge in [-0.15, -0.1) is 0 Å². The number of carboxylic acids is 1. The van der Waals surface area contributed by atoms with E-state index in [9.17, 15) is 4.79 Å². The average Bonchev–Trinajstić information content (AvgIpc) is 2.46. The Kier molecular flexibility index (Phi) is 15.4. The zero-order valence-corrected chi connectivity index (χ0v) is 14.1. The van der Waals surface area contributed by atoms with E-state index in [2.05, 4.69) is 6.92 Å². The summed E-state index contributed by atoms with van der Waals surface area (Å²) in [4.78, 5) is 10.3. The summed E-state index contributed by atoms with van der Waals surface area (Å²) in [5.41, 5.74) is 5.90. The number of hydrogen-bond donors (Lipinski definition) is 2. The van der Waals surface area contributed by atoms with Gasteiger partial charge in [-0.05, 0) is 19.3 Å². The lowest BCUT2D eigenvalue weighted by atomic mass is 10.0. The summed E-state index contributed by atoms with van der Waals surface area (Å²) in [6, 6.07) is 0.417. The van der Waals surface area contributed by atoms with Crippen molar-refractivity contribution in [3.63, 3.8) is 0 Å². The summed E-state index contributed by atoms with van der Waals surface area (Å²) < 4.78 is 0. The molecule has 3 nitrogen and oxygen atoms in total. The van der Waals surface area contributed by atoms with E-state index in [1.165, 1.54) is 70.6 Å². The number of carboxylic acid groups (broad SMARTS) is 1. The minimum absolute atomic E-state index is 0.336. The van der Waals surface area contributed by atoms with Gasteiger partial charge in [0.1, 0.15) is 0 Å². The summed E-state index contributed by atoms with van der Waals surface area (Å²) in [7, 11) is 0. The van der Waals surface area contributed by atoms with Gasteiger partial charge in [0.25, 0.3) is 0 Å². The molecule has 126 valence electrons. The standard InChI is InChI=1S/C18H37NO2/c1-2-17(19)15-13-11-9-7-5-3-4-6-8-10-12-14-16-18(20)21/h17H,2-16,19H2,1H3,(H,20,21). The molecule has 0 heterocycles. The quantitative estimate of drug-likeness (QED) is 0.382. The molecule has 0 fully saturated rings. The van der Waals surface area contributed by atoms with Gasteiger partial charge in [-0.3, -0.25) is 4.79 Å². The van der Waals surface area contributed by atoms with Crippen LogP contribution in [0.4, 0.5) is 0 Å². The van der Waals surface area contributed by atoms with Gasteiger partial charge in [-0.2, -0.15) is 0 Å². The number of aliphatic carboxylic acids is 1. The van der Waals surface area contributed by atoms with Gasteiger partial charge in [-0.25, -0.2) is 0 Å². The Morgan fingerprint density at radius 2 is 1.19 bits per heavy atom. The lowest BCUT2D eigenvalue weighted by Crippen LogP contribution is -2.17. The van der Waals surface area contributed by atoms with E-state index in [0.717, 1.165) is 19.3 Å². The predicted octanol–water partition coefficient (Wildman–Crippen LogP) is 5.27. The smallest absolute Gasteiger partial charge is 0.303 e. The van der Waals surface area contributed by atoms with Crippen LogP contribution in [0.1, 0.15) is 103 Å². The number of nitrogens with two attached hydrogens (primary N) is 1. The molecule has 0 saturated carbocycles. The van der Waals surface area contributed by atoms with Crippen LogP contribution in [0.15, 0.2) is 0 Å². The van der Waals surface area contributed by atoms with Crippen molar-refractivity contribution < 1.29 is 9.90 Å². The summed E-state index contributed by atoms with van der Waals surface area (Å²) in [5, 5.41) is 8.52. The first-order valence-electron chi connectivity index (χ1n) is 9.14. The third-order valence-corrected chi connectivity index (χ3v) is 4.24. The molecule has 0 spiro atoms. The fraction of sp³-hybridized carbons (Fsp3) is 0.944.